The Morgan fingerprint density at radius 1 is 1.03 bits per heavy atom. The second-order valence-electron chi connectivity index (χ2n) is 8.71. The molecule has 0 aliphatic rings. The van der Waals surface area contributed by atoms with Gasteiger partial charge in [-0.2, -0.15) is 0 Å². The normalized spacial score (nSPS) is 11.5. The lowest BCUT2D eigenvalue weighted by Crippen LogP contribution is -2.25. The number of ether oxygens (including phenoxy) is 1. The van der Waals surface area contributed by atoms with Crippen molar-refractivity contribution < 1.29 is 36.3 Å². The fourth-order valence-electron chi connectivity index (χ4n) is 3.92. The van der Waals surface area contributed by atoms with Gasteiger partial charge < -0.3 is 14.3 Å². The molecule has 2 N–H and O–H groups in total. The lowest BCUT2D eigenvalue weighted by molar-refractivity contribution is -0.136. The molecule has 4 aromatic rings. The number of carboxylic acid groups (broad SMARTS) is 1. The molecule has 1 heterocycles. The first-order chi connectivity index (χ1) is 18.6. The number of halogens is 2. The van der Waals surface area contributed by atoms with Crippen LogP contribution in [0.2, 0.25) is 0 Å². The summed E-state index contributed by atoms with van der Waals surface area (Å²) in [6.07, 6.45) is 0.439. The van der Waals surface area contributed by atoms with E-state index in [1.165, 1.54) is 0 Å². The Morgan fingerprint density at radius 3 is 2.51 bits per heavy atom. The Kier molecular flexibility index (Phi) is 8.72. The lowest BCUT2D eigenvalue weighted by atomic mass is 10.0. The Balaban J connectivity index is 1.46. The molecular formula is C28H26F2N2O6S. The van der Waals surface area contributed by atoms with E-state index < -0.39 is 32.5 Å². The van der Waals surface area contributed by atoms with Crippen LogP contribution in [0, 0.1) is 18.6 Å². The highest BCUT2D eigenvalue weighted by molar-refractivity contribution is 7.89. The number of aryl methyl sites for hydroxylation is 2. The molecule has 0 aliphatic carbocycles. The zero-order chi connectivity index (χ0) is 28.0. The lowest BCUT2D eigenvalue weighted by Gasteiger charge is -2.14. The van der Waals surface area contributed by atoms with Gasteiger partial charge in [0.05, 0.1) is 12.3 Å². The van der Waals surface area contributed by atoms with Gasteiger partial charge in [-0.05, 0) is 60.9 Å². The maximum atomic E-state index is 14.1. The predicted molar refractivity (Wildman–Crippen MR) is 139 cm³/mol. The summed E-state index contributed by atoms with van der Waals surface area (Å²) in [5, 5.41) is 9.08. The van der Waals surface area contributed by atoms with E-state index in [9.17, 15) is 22.0 Å². The summed E-state index contributed by atoms with van der Waals surface area (Å²) in [4.78, 5) is 14.9. The van der Waals surface area contributed by atoms with Crippen LogP contribution < -0.4 is 9.46 Å². The Hall–Kier alpha value is -4.09. The molecular weight excluding hydrogens is 530 g/mol. The fourth-order valence-corrected chi connectivity index (χ4v) is 4.98. The van der Waals surface area contributed by atoms with Gasteiger partial charge in [0.1, 0.15) is 28.0 Å². The first-order valence-electron chi connectivity index (χ1n) is 12.1. The number of nitrogens with one attached hydrogen (secondary N) is 1. The van der Waals surface area contributed by atoms with Gasteiger partial charge in [0, 0.05) is 31.0 Å². The highest BCUT2D eigenvalue weighted by Crippen LogP contribution is 2.24. The molecule has 0 saturated carbocycles. The van der Waals surface area contributed by atoms with Crippen molar-refractivity contribution in [3.05, 3.63) is 101 Å². The van der Waals surface area contributed by atoms with Crippen molar-refractivity contribution in [2.24, 2.45) is 0 Å². The maximum absolute atomic E-state index is 14.1. The standard InChI is InChI=1S/C28H26F2N2O6S/c1-18-25(32-28(38-18)20-5-3-2-4-6-20)13-14-37-23-10-7-19(8-12-27(33)34)21(15-23)17-31-39(35,36)26-11-9-22(29)16-24(26)30/h2-7,9-11,15-16,31H,8,12-14,17H2,1H3,(H,33,34). The van der Waals surface area contributed by atoms with Crippen LogP contribution in [0.3, 0.4) is 0 Å². The second kappa shape index (κ2) is 12.2. The molecule has 39 heavy (non-hydrogen) atoms. The van der Waals surface area contributed by atoms with Gasteiger partial charge in [-0.25, -0.2) is 26.9 Å². The predicted octanol–water partition coefficient (Wildman–Crippen LogP) is 5.05. The molecule has 0 unspecified atom stereocenters. The maximum Gasteiger partial charge on any atom is 0.303 e. The third-order valence-corrected chi connectivity index (χ3v) is 7.38. The van der Waals surface area contributed by atoms with Crippen molar-refractivity contribution in [1.29, 1.82) is 0 Å². The molecule has 8 nitrogen and oxygen atoms in total. The fraction of sp³-hybridized carbons (Fsp3) is 0.214. The van der Waals surface area contributed by atoms with E-state index in [1.807, 2.05) is 37.3 Å². The molecule has 1 aromatic heterocycles. The summed E-state index contributed by atoms with van der Waals surface area (Å²) in [6, 6.07) is 16.6. The third kappa shape index (κ3) is 7.27. The van der Waals surface area contributed by atoms with Crippen molar-refractivity contribution in [2.45, 2.75) is 37.6 Å². The average Bonchev–Trinajstić information content (AvgIpc) is 3.27. The smallest absolute Gasteiger partial charge is 0.303 e. The molecule has 0 aliphatic heterocycles. The highest BCUT2D eigenvalue weighted by Gasteiger charge is 2.20. The topological polar surface area (TPSA) is 119 Å². The van der Waals surface area contributed by atoms with Gasteiger partial charge >= 0.3 is 5.97 Å². The van der Waals surface area contributed by atoms with Crippen molar-refractivity contribution in [1.82, 2.24) is 9.71 Å². The first-order valence-corrected chi connectivity index (χ1v) is 13.5. The minimum absolute atomic E-state index is 0.151. The van der Waals surface area contributed by atoms with E-state index in [4.69, 9.17) is 14.3 Å². The Morgan fingerprint density at radius 2 is 1.79 bits per heavy atom. The molecule has 0 amide bonds. The van der Waals surface area contributed by atoms with Crippen LogP contribution in [0.15, 0.2) is 76.0 Å². The SMILES string of the molecule is Cc1oc(-c2ccccc2)nc1CCOc1ccc(CCC(=O)O)c(CNS(=O)(=O)c2ccc(F)cc2F)c1. The van der Waals surface area contributed by atoms with Crippen LogP contribution in [0.1, 0.15) is 29.0 Å². The van der Waals surface area contributed by atoms with Gasteiger partial charge in [-0.3, -0.25) is 4.79 Å². The Bertz CT molecular complexity index is 1570. The van der Waals surface area contributed by atoms with Crippen LogP contribution in [0.25, 0.3) is 11.5 Å². The van der Waals surface area contributed by atoms with Gasteiger partial charge in [0.15, 0.2) is 0 Å². The van der Waals surface area contributed by atoms with Crippen LogP contribution >= 0.6 is 0 Å². The van der Waals surface area contributed by atoms with Crippen molar-refractivity contribution >= 4 is 16.0 Å². The van der Waals surface area contributed by atoms with Crippen LogP contribution in [0.5, 0.6) is 5.75 Å². The van der Waals surface area contributed by atoms with E-state index in [-0.39, 0.29) is 26.0 Å². The number of benzene rings is 3. The van der Waals surface area contributed by atoms with Crippen LogP contribution in [-0.4, -0.2) is 31.1 Å². The summed E-state index contributed by atoms with van der Waals surface area (Å²) in [5.74, 6) is -1.51. The molecule has 11 heteroatoms. The second-order valence-corrected chi connectivity index (χ2v) is 10.4. The number of carboxylic acids is 1. The third-order valence-electron chi connectivity index (χ3n) is 5.94. The monoisotopic (exact) mass is 556 g/mol. The van der Waals surface area contributed by atoms with E-state index >= 15 is 0 Å². The minimum atomic E-state index is -4.31. The van der Waals surface area contributed by atoms with Gasteiger partial charge in [0.2, 0.25) is 15.9 Å². The molecule has 204 valence electrons. The first kappa shape index (κ1) is 27.9. The minimum Gasteiger partial charge on any atom is -0.493 e. The Labute approximate surface area is 224 Å². The summed E-state index contributed by atoms with van der Waals surface area (Å²) in [6.45, 7) is 1.82. The summed E-state index contributed by atoms with van der Waals surface area (Å²) >= 11 is 0. The zero-order valence-corrected chi connectivity index (χ0v) is 21.8. The molecule has 4 rings (SSSR count). The number of nitrogens with zero attached hydrogens (tertiary/aromatic N) is 1. The number of oxazole rings is 1. The molecule has 0 bridgehead atoms. The van der Waals surface area contributed by atoms with Gasteiger partial charge in [0.25, 0.3) is 0 Å². The number of hydrogen-bond donors (Lipinski definition) is 2. The largest absolute Gasteiger partial charge is 0.493 e. The van der Waals surface area contributed by atoms with E-state index in [2.05, 4.69) is 9.71 Å². The van der Waals surface area contributed by atoms with Gasteiger partial charge in [-0.1, -0.05) is 24.3 Å². The summed E-state index contributed by atoms with van der Waals surface area (Å²) < 4.78 is 66.5. The van der Waals surface area contributed by atoms with E-state index in [0.717, 1.165) is 23.4 Å². The van der Waals surface area contributed by atoms with Crippen molar-refractivity contribution in [3.63, 3.8) is 0 Å². The molecule has 0 fully saturated rings. The van der Waals surface area contributed by atoms with Gasteiger partial charge in [-0.15, -0.1) is 0 Å². The average molecular weight is 557 g/mol. The number of hydrogen-bond acceptors (Lipinski definition) is 6. The van der Waals surface area contributed by atoms with Crippen molar-refractivity contribution in [3.8, 4) is 17.2 Å². The highest BCUT2D eigenvalue weighted by atomic mass is 32.2. The quantitative estimate of drug-likeness (QED) is 0.251. The molecule has 0 spiro atoms. The number of carbonyl (C=O) groups is 1. The van der Waals surface area contributed by atoms with Crippen LogP contribution in [0.4, 0.5) is 8.78 Å². The number of aliphatic carboxylic acids is 1. The number of aromatic nitrogens is 1. The van der Waals surface area contributed by atoms with E-state index in [0.29, 0.717) is 41.0 Å². The van der Waals surface area contributed by atoms with E-state index in [1.54, 1.807) is 18.2 Å². The molecule has 3 aromatic carbocycles. The van der Waals surface area contributed by atoms with Crippen molar-refractivity contribution in [2.75, 3.05) is 6.61 Å². The number of sulfonamides is 1. The molecule has 0 saturated heterocycles. The summed E-state index contributed by atoms with van der Waals surface area (Å²) in [5.41, 5.74) is 2.65. The molecule has 0 atom stereocenters. The van der Waals surface area contributed by atoms with Crippen LogP contribution in [-0.2, 0) is 34.2 Å². The number of rotatable bonds is 12. The molecule has 0 radical (unpaired) electrons. The summed E-state index contributed by atoms with van der Waals surface area (Å²) in [7, 11) is -4.31. The zero-order valence-electron chi connectivity index (χ0n) is 21.0.